The van der Waals surface area contributed by atoms with E-state index in [1.807, 2.05) is 0 Å². The Labute approximate surface area is 147 Å². The van der Waals surface area contributed by atoms with Gasteiger partial charge in [0.05, 0.1) is 48.1 Å². The number of rotatable bonds is 7. The highest BCUT2D eigenvalue weighted by Gasteiger charge is 2.18. The van der Waals surface area contributed by atoms with Gasteiger partial charge < -0.3 is 9.47 Å². The van der Waals surface area contributed by atoms with Gasteiger partial charge in [0, 0.05) is 12.1 Å². The molecule has 0 atom stereocenters. The fourth-order valence-corrected chi connectivity index (χ4v) is 2.02. The second kappa shape index (κ2) is 8.33. The van der Waals surface area contributed by atoms with Crippen molar-refractivity contribution < 1.29 is 19.3 Å². The van der Waals surface area contributed by atoms with Crippen LogP contribution < -0.4 is 9.47 Å². The van der Waals surface area contributed by atoms with Crippen molar-refractivity contribution in [1.82, 2.24) is 0 Å². The third-order valence-corrected chi connectivity index (χ3v) is 3.30. The number of nitro groups is 2. The lowest BCUT2D eigenvalue weighted by Crippen LogP contribution is -1.98. The van der Waals surface area contributed by atoms with Gasteiger partial charge in [-0.3, -0.25) is 20.2 Å². The van der Waals surface area contributed by atoms with Crippen LogP contribution in [0.5, 0.6) is 11.5 Å². The molecule has 2 aromatic rings. The minimum atomic E-state index is -0.566. The van der Waals surface area contributed by atoms with Crippen LogP contribution in [0.2, 0.25) is 0 Å². The summed E-state index contributed by atoms with van der Waals surface area (Å²) in [6.07, 6.45) is 2.58. The van der Waals surface area contributed by atoms with Crippen LogP contribution in [0.3, 0.4) is 0 Å². The maximum Gasteiger partial charge on any atom is 0.282 e. The van der Waals surface area contributed by atoms with Crippen LogP contribution in [0.1, 0.15) is 11.1 Å². The SMILES string of the molecule is COc1cc(C=NN=Cc2ccc([N+](=O)[O-])cc2)c([N+](=O)[O-])cc1OC. The molecule has 0 aliphatic heterocycles. The van der Waals surface area contributed by atoms with E-state index in [1.165, 1.54) is 63.0 Å². The maximum absolute atomic E-state index is 11.2. The first-order valence-electron chi connectivity index (χ1n) is 7.17. The molecule has 0 unspecified atom stereocenters. The van der Waals surface area contributed by atoms with E-state index in [4.69, 9.17) is 9.47 Å². The number of nitro benzene ring substituents is 2. The second-order valence-electron chi connectivity index (χ2n) is 4.86. The van der Waals surface area contributed by atoms with Gasteiger partial charge in [-0.05, 0) is 23.8 Å². The van der Waals surface area contributed by atoms with Crippen molar-refractivity contribution in [3.8, 4) is 11.5 Å². The summed E-state index contributed by atoms with van der Waals surface area (Å²) in [7, 11) is 2.79. The van der Waals surface area contributed by atoms with Crippen molar-refractivity contribution >= 4 is 23.8 Å². The van der Waals surface area contributed by atoms with E-state index in [0.717, 1.165) is 0 Å². The van der Waals surface area contributed by atoms with Crippen LogP contribution in [0.15, 0.2) is 46.6 Å². The van der Waals surface area contributed by atoms with Gasteiger partial charge in [-0.1, -0.05) is 0 Å². The normalized spacial score (nSPS) is 11.0. The minimum absolute atomic E-state index is 0.0356. The molecule has 0 bridgehead atoms. The summed E-state index contributed by atoms with van der Waals surface area (Å²) in [6.45, 7) is 0. The van der Waals surface area contributed by atoms with Crippen molar-refractivity contribution in [3.63, 3.8) is 0 Å². The van der Waals surface area contributed by atoms with Gasteiger partial charge in [-0.25, -0.2) is 0 Å². The highest BCUT2D eigenvalue weighted by Crippen LogP contribution is 2.33. The van der Waals surface area contributed by atoms with Crippen LogP contribution in [0, 0.1) is 20.2 Å². The standard InChI is InChI=1S/C16H14N4O6/c1-25-15-7-12(14(20(23)24)8-16(15)26-2)10-18-17-9-11-3-5-13(6-4-11)19(21)22/h3-10H,1-2H3. The van der Waals surface area contributed by atoms with E-state index in [-0.39, 0.29) is 22.7 Å². The van der Waals surface area contributed by atoms with Crippen molar-refractivity contribution in [3.05, 3.63) is 67.8 Å². The van der Waals surface area contributed by atoms with Gasteiger partial charge >= 0.3 is 0 Å². The molecule has 2 rings (SSSR count). The number of hydrogen-bond acceptors (Lipinski definition) is 8. The van der Waals surface area contributed by atoms with Crippen molar-refractivity contribution in [2.24, 2.45) is 10.2 Å². The third kappa shape index (κ3) is 4.38. The van der Waals surface area contributed by atoms with Gasteiger partial charge in [0.1, 0.15) is 0 Å². The Hall–Kier alpha value is -3.82. The van der Waals surface area contributed by atoms with Gasteiger partial charge in [0.15, 0.2) is 11.5 Å². The molecule has 0 radical (unpaired) electrons. The Morgan fingerprint density at radius 3 is 2.00 bits per heavy atom. The largest absolute Gasteiger partial charge is 0.493 e. The van der Waals surface area contributed by atoms with Gasteiger partial charge in [0.2, 0.25) is 0 Å². The lowest BCUT2D eigenvalue weighted by Gasteiger charge is -2.08. The molecule has 0 amide bonds. The summed E-state index contributed by atoms with van der Waals surface area (Å²) in [5, 5.41) is 29.3. The Bertz CT molecular complexity index is 877. The van der Waals surface area contributed by atoms with E-state index in [9.17, 15) is 20.2 Å². The first-order valence-corrected chi connectivity index (χ1v) is 7.17. The summed E-state index contributed by atoms with van der Waals surface area (Å²) >= 11 is 0. The summed E-state index contributed by atoms with van der Waals surface area (Å²) in [6, 6.07) is 8.35. The molecule has 0 aliphatic carbocycles. The third-order valence-electron chi connectivity index (χ3n) is 3.30. The lowest BCUT2D eigenvalue weighted by molar-refractivity contribution is -0.385. The Morgan fingerprint density at radius 2 is 1.46 bits per heavy atom. The number of benzene rings is 2. The van der Waals surface area contributed by atoms with Crippen LogP contribution in [-0.4, -0.2) is 36.5 Å². The highest BCUT2D eigenvalue weighted by molar-refractivity contribution is 5.88. The van der Waals surface area contributed by atoms with Crippen LogP contribution in [0.25, 0.3) is 0 Å². The molecular weight excluding hydrogens is 344 g/mol. The van der Waals surface area contributed by atoms with Crippen molar-refractivity contribution in [2.75, 3.05) is 14.2 Å². The molecule has 134 valence electrons. The average molecular weight is 358 g/mol. The van der Waals surface area contributed by atoms with Crippen LogP contribution >= 0.6 is 0 Å². The van der Waals surface area contributed by atoms with Crippen LogP contribution in [0.4, 0.5) is 11.4 Å². The van der Waals surface area contributed by atoms with Crippen LogP contribution in [-0.2, 0) is 0 Å². The van der Waals surface area contributed by atoms with Gasteiger partial charge in [0.25, 0.3) is 11.4 Å². The van der Waals surface area contributed by atoms with Crippen molar-refractivity contribution in [2.45, 2.75) is 0 Å². The molecule has 0 saturated heterocycles. The highest BCUT2D eigenvalue weighted by atomic mass is 16.6. The molecule has 0 N–H and O–H groups in total. The molecule has 2 aromatic carbocycles. The van der Waals surface area contributed by atoms with E-state index < -0.39 is 9.85 Å². The van der Waals surface area contributed by atoms with Gasteiger partial charge in [-0.2, -0.15) is 10.2 Å². The number of nitrogens with zero attached hydrogens (tertiary/aromatic N) is 4. The summed E-state index contributed by atoms with van der Waals surface area (Å²) < 4.78 is 10.2. The summed E-state index contributed by atoms with van der Waals surface area (Å²) in [5.41, 5.74) is 0.534. The molecule has 0 spiro atoms. The molecule has 0 saturated carbocycles. The molecule has 0 aliphatic rings. The maximum atomic E-state index is 11.2. The topological polar surface area (TPSA) is 129 Å². The zero-order valence-corrected chi connectivity index (χ0v) is 13.9. The lowest BCUT2D eigenvalue weighted by atomic mass is 10.1. The Morgan fingerprint density at radius 1 is 0.885 bits per heavy atom. The smallest absolute Gasteiger partial charge is 0.282 e. The predicted octanol–water partition coefficient (Wildman–Crippen LogP) is 2.97. The molecular formula is C16H14N4O6. The molecule has 0 heterocycles. The molecule has 0 aromatic heterocycles. The quantitative estimate of drug-likeness (QED) is 0.425. The molecule has 0 fully saturated rings. The monoisotopic (exact) mass is 358 g/mol. The fraction of sp³-hybridized carbons (Fsp3) is 0.125. The van der Waals surface area contributed by atoms with Gasteiger partial charge in [-0.15, -0.1) is 0 Å². The number of non-ortho nitro benzene ring substituents is 1. The fourth-order valence-electron chi connectivity index (χ4n) is 2.02. The average Bonchev–Trinajstić information content (AvgIpc) is 2.64. The Kier molecular flexibility index (Phi) is 5.93. The summed E-state index contributed by atoms with van der Waals surface area (Å²) in [4.78, 5) is 20.7. The first kappa shape index (κ1) is 18.5. The second-order valence-corrected chi connectivity index (χ2v) is 4.86. The Balaban J connectivity index is 2.23. The van der Waals surface area contributed by atoms with E-state index >= 15 is 0 Å². The van der Waals surface area contributed by atoms with E-state index in [2.05, 4.69) is 10.2 Å². The number of hydrogen-bond donors (Lipinski definition) is 0. The van der Waals surface area contributed by atoms with E-state index in [1.54, 1.807) is 0 Å². The minimum Gasteiger partial charge on any atom is -0.493 e. The summed E-state index contributed by atoms with van der Waals surface area (Å²) in [5.74, 6) is 0.546. The zero-order valence-electron chi connectivity index (χ0n) is 13.9. The number of methoxy groups -OCH3 is 2. The number of ether oxygens (including phenoxy) is 2. The van der Waals surface area contributed by atoms with Crippen molar-refractivity contribution in [1.29, 1.82) is 0 Å². The predicted molar refractivity (Wildman–Crippen MR) is 94.5 cm³/mol. The molecule has 10 heteroatoms. The van der Waals surface area contributed by atoms with E-state index in [0.29, 0.717) is 11.3 Å². The molecule has 26 heavy (non-hydrogen) atoms. The first-order chi connectivity index (χ1) is 12.5. The molecule has 10 nitrogen and oxygen atoms in total. The zero-order chi connectivity index (χ0) is 19.1.